The molecule has 0 aliphatic carbocycles. The number of aliphatic hydroxyl groups is 2. The van der Waals surface area contributed by atoms with E-state index in [0.717, 1.165) is 66.5 Å². The Bertz CT molecular complexity index is 3540. The highest BCUT2D eigenvalue weighted by atomic mass is 16.6. The number of phenols is 1. The van der Waals surface area contributed by atoms with Crippen LogP contribution in [0.25, 0.3) is 0 Å². The van der Waals surface area contributed by atoms with E-state index in [1.165, 1.54) is 16.2 Å². The number of aromatic nitrogens is 1. The number of amides is 6. The molecule has 24 nitrogen and oxygen atoms in total. The quantitative estimate of drug-likeness (QED) is 0.0583. The van der Waals surface area contributed by atoms with Crippen molar-refractivity contribution in [1.82, 2.24) is 35.2 Å². The zero-order valence-electron chi connectivity index (χ0n) is 55.9. The van der Waals surface area contributed by atoms with Crippen molar-refractivity contribution in [2.24, 2.45) is 0 Å². The number of phenolic OH excluding ortho intramolecular Hbond substituents is 1. The molecule has 95 heavy (non-hydrogen) atoms. The van der Waals surface area contributed by atoms with Gasteiger partial charge in [0.2, 0.25) is 0 Å². The van der Waals surface area contributed by atoms with Gasteiger partial charge in [-0.3, -0.25) is 29.0 Å². The summed E-state index contributed by atoms with van der Waals surface area (Å²) in [6, 6.07) is 19.1. The maximum absolute atomic E-state index is 13.6. The fourth-order valence-corrected chi connectivity index (χ4v) is 13.3. The van der Waals surface area contributed by atoms with Crippen molar-refractivity contribution in [3.8, 4) is 23.0 Å². The van der Waals surface area contributed by atoms with Gasteiger partial charge in [-0.2, -0.15) is 0 Å². The number of morpholine rings is 2. The second kappa shape index (κ2) is 30.1. The third-order valence-electron chi connectivity index (χ3n) is 18.0. The van der Waals surface area contributed by atoms with Gasteiger partial charge in [-0.05, 0) is 197 Å². The third kappa shape index (κ3) is 16.8. The fraction of sp³-hybridized carbons (Fsp3) is 0.535. The van der Waals surface area contributed by atoms with E-state index in [2.05, 4.69) is 15.6 Å². The molecule has 24 heteroatoms. The van der Waals surface area contributed by atoms with Gasteiger partial charge in [0.25, 0.3) is 23.6 Å². The van der Waals surface area contributed by atoms with Crippen LogP contribution in [0.3, 0.4) is 0 Å². The van der Waals surface area contributed by atoms with Gasteiger partial charge < -0.3 is 73.3 Å². The third-order valence-corrected chi connectivity index (χ3v) is 18.0. The van der Waals surface area contributed by atoms with Crippen LogP contribution in [-0.4, -0.2) is 188 Å². The first-order valence-electron chi connectivity index (χ1n) is 33.1. The molecule has 6 aliphatic rings. The molecule has 5 aromatic rings. The van der Waals surface area contributed by atoms with E-state index in [-0.39, 0.29) is 97.1 Å². The second-order valence-electron chi connectivity index (χ2n) is 27.1. The summed E-state index contributed by atoms with van der Waals surface area (Å²) in [5.41, 5.74) is 4.08. The molecular weight excluding hydrogens is 1220 g/mol. The number of aliphatic hydroxyl groups excluding tert-OH is 2. The maximum atomic E-state index is 13.6. The maximum Gasteiger partial charge on any atom is 0.410 e. The number of oxazole rings is 1. The first-order valence-corrected chi connectivity index (χ1v) is 33.1. The van der Waals surface area contributed by atoms with Crippen molar-refractivity contribution in [3.05, 3.63) is 135 Å². The lowest BCUT2D eigenvalue weighted by atomic mass is 9.91. The highest BCUT2D eigenvalue weighted by molar-refractivity contribution is 6.01. The lowest BCUT2D eigenvalue weighted by Gasteiger charge is -2.45. The van der Waals surface area contributed by atoms with Crippen LogP contribution < -0.4 is 24.8 Å². The molecule has 7 heterocycles. The van der Waals surface area contributed by atoms with Crippen molar-refractivity contribution in [1.29, 1.82) is 0 Å². The molecule has 4 bridgehead atoms. The number of aromatic hydroxyl groups is 1. The first-order chi connectivity index (χ1) is 45.4. The summed E-state index contributed by atoms with van der Waals surface area (Å²) in [6.07, 6.45) is 4.37. The summed E-state index contributed by atoms with van der Waals surface area (Å²) >= 11 is 0. The highest BCUT2D eigenvalue weighted by Crippen LogP contribution is 2.36. The van der Waals surface area contributed by atoms with E-state index in [9.17, 15) is 44.1 Å². The SMILES string of the molecule is CCOc1cc(C(=O)N2C3CCCC2COC3)ccc1C(=O)NC[C@@H](O)[C@@H]1Cc2ccc(O)cc2CN1C(=O)OC(C)(C)C.CCOc1cc(C(=O)N2[C@@H]3CCC[C@H]2COC3)ccc1C(=O)NC[C@@H](O)[C@@H]1Cc2ccc(OCc3ocnc3C)cc2CN1C(=O)OC(C)(C)C. The number of carbonyl (C=O) groups excluding carboxylic acids is 6. The molecule has 4 saturated heterocycles. The van der Waals surface area contributed by atoms with Crippen LogP contribution in [0.2, 0.25) is 0 Å². The van der Waals surface area contributed by atoms with E-state index >= 15 is 0 Å². The van der Waals surface area contributed by atoms with E-state index in [0.29, 0.717) is 75.1 Å². The Balaban J connectivity index is 0.000000209. The summed E-state index contributed by atoms with van der Waals surface area (Å²) in [5.74, 6) is 0.747. The number of nitrogens with zero attached hydrogens (tertiary/aromatic N) is 5. The molecular formula is C71H91N7O17. The first kappa shape index (κ1) is 69.4. The topological polar surface area (TPSA) is 291 Å². The number of fused-ring (bicyclic) bond motifs is 6. The van der Waals surface area contributed by atoms with Gasteiger partial charge in [-0.15, -0.1) is 0 Å². The normalized spacial score (nSPS) is 21.3. The Hall–Kier alpha value is -8.45. The standard InChI is InChI=1S/C38H48N4O9.C33H43N3O8/c1-6-48-33-16-25(36(45)42-27-8-7-9-28(42)20-47-19-27)11-13-30(33)35(44)39-17-32(43)31-15-24-10-12-29(49-21-34-23(2)40-22-50-34)14-26(24)18-41(31)37(46)51-38(3,4)5;1-5-43-29-15-21(31(40)36-23-7-6-8-24(36)19-42-18-23)10-12-26(29)30(39)34-16-28(38)27-14-20-9-11-25(37)13-22(20)17-35(27)32(41)44-33(2,3)4/h10-14,16,22,27-28,31-32,43H,6-9,15,17-21H2,1-5H3,(H,39,44);9-13,15,23-24,27-28,37-38H,5-8,14,16-19H2,1-4H3,(H,34,39)/t27-,28+,31-,32+;23?,24?,27-,28+/m00/s1. The summed E-state index contributed by atoms with van der Waals surface area (Å²) in [7, 11) is 0. The zero-order chi connectivity index (χ0) is 67.9. The lowest BCUT2D eigenvalue weighted by molar-refractivity contribution is -0.0566. The Labute approximate surface area is 554 Å². The highest BCUT2D eigenvalue weighted by Gasteiger charge is 2.42. The Morgan fingerprint density at radius 2 is 1.03 bits per heavy atom. The van der Waals surface area contributed by atoms with Crippen LogP contribution in [-0.2, 0) is 51.5 Å². The Kier molecular flexibility index (Phi) is 22.0. The Morgan fingerprint density at radius 1 is 0.589 bits per heavy atom. The molecule has 8 atom stereocenters. The molecule has 0 spiro atoms. The van der Waals surface area contributed by atoms with Gasteiger partial charge in [-0.25, -0.2) is 14.6 Å². The molecule has 1 aromatic heterocycles. The smallest absolute Gasteiger partial charge is 0.410 e. The number of rotatable bonds is 17. The van der Waals surface area contributed by atoms with Crippen LogP contribution in [0.1, 0.15) is 169 Å². The molecule has 6 aliphatic heterocycles. The number of nitrogens with one attached hydrogen (secondary N) is 2. The molecule has 11 rings (SSSR count). The average Bonchev–Trinajstić information content (AvgIpc) is 1.07. The summed E-state index contributed by atoms with van der Waals surface area (Å²) < 4.78 is 45.7. The van der Waals surface area contributed by atoms with E-state index in [1.54, 1.807) is 103 Å². The van der Waals surface area contributed by atoms with Gasteiger partial charge in [0.15, 0.2) is 12.2 Å². The van der Waals surface area contributed by atoms with E-state index in [1.807, 2.05) is 41.8 Å². The number of hydrogen-bond donors (Lipinski definition) is 5. The van der Waals surface area contributed by atoms with Crippen LogP contribution in [0.5, 0.6) is 23.0 Å². The number of aryl methyl sites for hydroxylation is 1. The summed E-state index contributed by atoms with van der Waals surface area (Å²) in [6.45, 7) is 19.1. The summed E-state index contributed by atoms with van der Waals surface area (Å²) in [4.78, 5) is 91.6. The molecule has 0 radical (unpaired) electrons. The van der Waals surface area contributed by atoms with Crippen LogP contribution in [0.4, 0.5) is 9.59 Å². The molecule has 2 unspecified atom stereocenters. The second-order valence-corrected chi connectivity index (χ2v) is 27.1. The van der Waals surface area contributed by atoms with Gasteiger partial charge in [0, 0.05) is 37.3 Å². The lowest BCUT2D eigenvalue weighted by Crippen LogP contribution is -2.57. The van der Waals surface area contributed by atoms with Gasteiger partial charge in [-0.1, -0.05) is 12.1 Å². The van der Waals surface area contributed by atoms with E-state index in [4.69, 9.17) is 37.6 Å². The zero-order valence-corrected chi connectivity index (χ0v) is 55.9. The summed E-state index contributed by atoms with van der Waals surface area (Å²) in [5, 5.41) is 38.3. The number of ether oxygens (including phenoxy) is 7. The van der Waals surface area contributed by atoms with Gasteiger partial charge in [0.1, 0.15) is 40.8 Å². The number of piperidine rings is 2. The van der Waals surface area contributed by atoms with Gasteiger partial charge >= 0.3 is 12.2 Å². The number of carbonyl (C=O) groups is 6. The Morgan fingerprint density at radius 3 is 1.45 bits per heavy atom. The molecule has 0 saturated carbocycles. The number of hydrogen-bond acceptors (Lipinski definition) is 18. The minimum absolute atomic E-state index is 0.0433. The van der Waals surface area contributed by atoms with Crippen molar-refractivity contribution in [2.45, 2.75) is 193 Å². The predicted octanol–water partition coefficient (Wildman–Crippen LogP) is 8.44. The largest absolute Gasteiger partial charge is 0.508 e. The predicted molar refractivity (Wildman–Crippen MR) is 347 cm³/mol. The molecule has 4 aromatic carbocycles. The van der Waals surface area contributed by atoms with E-state index < -0.39 is 59.5 Å². The minimum Gasteiger partial charge on any atom is -0.508 e. The van der Waals surface area contributed by atoms with Crippen LogP contribution in [0, 0.1) is 6.92 Å². The van der Waals surface area contributed by atoms with Crippen LogP contribution >= 0.6 is 0 Å². The monoisotopic (exact) mass is 1310 g/mol. The minimum atomic E-state index is -1.13. The molecule has 4 fully saturated rings. The van der Waals surface area contributed by atoms with Gasteiger partial charge in [0.05, 0.1) is 105 Å². The van der Waals surface area contributed by atoms with Crippen molar-refractivity contribution in [2.75, 3.05) is 52.7 Å². The number of benzene rings is 4. The molecule has 5 N–H and O–H groups in total. The van der Waals surface area contributed by atoms with Crippen molar-refractivity contribution in [3.63, 3.8) is 0 Å². The van der Waals surface area contributed by atoms with Crippen LogP contribution in [0.15, 0.2) is 83.6 Å². The fourth-order valence-electron chi connectivity index (χ4n) is 13.3. The molecule has 512 valence electrons. The average molecular weight is 1310 g/mol. The van der Waals surface area contributed by atoms with Crippen molar-refractivity contribution >= 4 is 35.8 Å². The van der Waals surface area contributed by atoms with Crippen molar-refractivity contribution < 1.29 is 81.7 Å². The molecule has 6 amide bonds.